The number of nitrogens with zero attached hydrogens (tertiary/aromatic N) is 2. The van der Waals surface area contributed by atoms with Crippen LogP contribution < -0.4 is 4.90 Å². The van der Waals surface area contributed by atoms with Crippen molar-refractivity contribution >= 4 is 5.82 Å². The third kappa shape index (κ3) is 3.65. The molecule has 1 fully saturated rings. The first kappa shape index (κ1) is 14.2. The molecule has 1 atom stereocenters. The number of ether oxygens (including phenoxy) is 1. The zero-order valence-corrected chi connectivity index (χ0v) is 11.3. The van der Waals surface area contributed by atoms with E-state index in [-0.39, 0.29) is 12.7 Å². The molecule has 5 heteroatoms. The molecule has 1 saturated heterocycles. The van der Waals surface area contributed by atoms with Gasteiger partial charge in [0, 0.05) is 24.8 Å². The van der Waals surface area contributed by atoms with Gasteiger partial charge in [-0.25, -0.2) is 4.98 Å². The Balaban J connectivity index is 1.98. The van der Waals surface area contributed by atoms with Crippen LogP contribution in [0.3, 0.4) is 0 Å². The summed E-state index contributed by atoms with van der Waals surface area (Å²) in [6.07, 6.45) is 3.33. The molecule has 0 spiro atoms. The van der Waals surface area contributed by atoms with Crippen molar-refractivity contribution in [3.05, 3.63) is 23.9 Å². The molecule has 0 amide bonds. The number of hydrogen-bond acceptors (Lipinski definition) is 5. The Morgan fingerprint density at radius 2 is 2.21 bits per heavy atom. The van der Waals surface area contributed by atoms with Gasteiger partial charge < -0.3 is 19.8 Å². The van der Waals surface area contributed by atoms with Gasteiger partial charge in [-0.1, -0.05) is 6.07 Å². The van der Waals surface area contributed by atoms with E-state index < -0.39 is 6.10 Å². The van der Waals surface area contributed by atoms with Gasteiger partial charge in [0.2, 0.25) is 0 Å². The Bertz CT molecular complexity index is 390. The van der Waals surface area contributed by atoms with Gasteiger partial charge in [-0.15, -0.1) is 0 Å². The van der Waals surface area contributed by atoms with Crippen molar-refractivity contribution in [2.45, 2.75) is 32.0 Å². The molecule has 2 heterocycles. The predicted molar refractivity (Wildman–Crippen MR) is 73.1 cm³/mol. The maximum atomic E-state index is 9.78. The Hall–Kier alpha value is -1.17. The van der Waals surface area contributed by atoms with Gasteiger partial charge in [0.25, 0.3) is 0 Å². The highest BCUT2D eigenvalue weighted by atomic mass is 16.5. The van der Waals surface area contributed by atoms with Gasteiger partial charge in [-0.05, 0) is 25.8 Å². The van der Waals surface area contributed by atoms with Crippen LogP contribution >= 0.6 is 0 Å². The number of anilines is 1. The third-order valence-electron chi connectivity index (χ3n) is 3.45. The summed E-state index contributed by atoms with van der Waals surface area (Å²) in [5.74, 6) is 0.873. The maximum Gasteiger partial charge on any atom is 0.134 e. The Morgan fingerprint density at radius 3 is 2.84 bits per heavy atom. The van der Waals surface area contributed by atoms with Crippen molar-refractivity contribution in [1.82, 2.24) is 4.98 Å². The lowest BCUT2D eigenvalue weighted by molar-refractivity contribution is 0.0158. The Kier molecular flexibility index (Phi) is 5.13. The molecule has 2 N–H and O–H groups in total. The van der Waals surface area contributed by atoms with E-state index in [2.05, 4.69) is 9.88 Å². The first-order chi connectivity index (χ1) is 9.22. The second-order valence-corrected chi connectivity index (χ2v) is 4.87. The van der Waals surface area contributed by atoms with Crippen LogP contribution in [0, 0.1) is 0 Å². The van der Waals surface area contributed by atoms with Gasteiger partial charge in [0.05, 0.1) is 25.4 Å². The van der Waals surface area contributed by atoms with Crippen molar-refractivity contribution in [2.24, 2.45) is 0 Å². The highest BCUT2D eigenvalue weighted by Crippen LogP contribution is 2.26. The first-order valence-electron chi connectivity index (χ1n) is 6.82. The number of aliphatic hydroxyl groups is 2. The van der Waals surface area contributed by atoms with Crippen LogP contribution in [-0.4, -0.2) is 47.6 Å². The molecule has 1 aromatic heterocycles. The summed E-state index contributed by atoms with van der Waals surface area (Å²) in [5.41, 5.74) is 0.872. The maximum absolute atomic E-state index is 9.78. The second kappa shape index (κ2) is 6.84. The minimum absolute atomic E-state index is 0.0760. The molecule has 106 valence electrons. The van der Waals surface area contributed by atoms with Crippen LogP contribution in [0.25, 0.3) is 0 Å². The van der Waals surface area contributed by atoms with Crippen LogP contribution in [0.1, 0.15) is 31.4 Å². The summed E-state index contributed by atoms with van der Waals surface area (Å²) in [6.45, 7) is 3.98. The Labute approximate surface area is 113 Å². The number of aromatic nitrogens is 1. The van der Waals surface area contributed by atoms with E-state index in [0.29, 0.717) is 6.61 Å². The van der Waals surface area contributed by atoms with Crippen molar-refractivity contribution in [3.63, 3.8) is 0 Å². The fraction of sp³-hybridized carbons (Fsp3) is 0.643. The van der Waals surface area contributed by atoms with Crippen LogP contribution in [0.15, 0.2) is 18.3 Å². The van der Waals surface area contributed by atoms with Gasteiger partial charge in [-0.3, -0.25) is 0 Å². The fourth-order valence-electron chi connectivity index (χ4n) is 2.45. The van der Waals surface area contributed by atoms with Crippen molar-refractivity contribution in [2.75, 3.05) is 31.2 Å². The Morgan fingerprint density at radius 1 is 1.47 bits per heavy atom. The number of hydrogen-bond donors (Lipinski definition) is 2. The molecule has 1 aromatic rings. The van der Waals surface area contributed by atoms with E-state index in [1.807, 2.05) is 12.1 Å². The van der Waals surface area contributed by atoms with Crippen molar-refractivity contribution in [1.29, 1.82) is 0 Å². The van der Waals surface area contributed by atoms with Crippen LogP contribution in [0.5, 0.6) is 0 Å². The third-order valence-corrected chi connectivity index (χ3v) is 3.45. The average molecular weight is 266 g/mol. The van der Waals surface area contributed by atoms with Crippen molar-refractivity contribution in [3.8, 4) is 0 Å². The SMILES string of the molecule is C[C@H](O)c1cccnc1N1CCC(OCCO)CC1. The molecule has 0 bridgehead atoms. The zero-order valence-electron chi connectivity index (χ0n) is 11.3. The van der Waals surface area contributed by atoms with E-state index in [1.165, 1.54) is 0 Å². The molecule has 0 saturated carbocycles. The molecular formula is C14H22N2O3. The quantitative estimate of drug-likeness (QED) is 0.836. The van der Waals surface area contributed by atoms with Crippen LogP contribution in [0.4, 0.5) is 5.82 Å². The molecule has 1 aliphatic heterocycles. The predicted octanol–water partition coefficient (Wildman–Crippen LogP) is 1.11. The molecule has 0 aromatic carbocycles. The lowest BCUT2D eigenvalue weighted by Gasteiger charge is -2.34. The van der Waals surface area contributed by atoms with E-state index in [9.17, 15) is 5.11 Å². The van der Waals surface area contributed by atoms with Gasteiger partial charge in [0.15, 0.2) is 0 Å². The largest absolute Gasteiger partial charge is 0.394 e. The lowest BCUT2D eigenvalue weighted by Crippen LogP contribution is -2.38. The summed E-state index contributed by atoms with van der Waals surface area (Å²) in [4.78, 5) is 6.59. The summed E-state index contributed by atoms with van der Waals surface area (Å²) in [5, 5.41) is 18.5. The highest BCUT2D eigenvalue weighted by Gasteiger charge is 2.23. The van der Waals surface area contributed by atoms with E-state index in [0.717, 1.165) is 37.3 Å². The monoisotopic (exact) mass is 266 g/mol. The van der Waals surface area contributed by atoms with E-state index in [4.69, 9.17) is 9.84 Å². The molecule has 19 heavy (non-hydrogen) atoms. The van der Waals surface area contributed by atoms with Crippen LogP contribution in [-0.2, 0) is 4.74 Å². The lowest BCUT2D eigenvalue weighted by atomic mass is 10.1. The summed E-state index contributed by atoms with van der Waals surface area (Å²) < 4.78 is 5.55. The second-order valence-electron chi connectivity index (χ2n) is 4.87. The van der Waals surface area contributed by atoms with Gasteiger partial charge >= 0.3 is 0 Å². The van der Waals surface area contributed by atoms with Gasteiger partial charge in [0.1, 0.15) is 5.82 Å². The van der Waals surface area contributed by atoms with Gasteiger partial charge in [-0.2, -0.15) is 0 Å². The average Bonchev–Trinajstić information content (AvgIpc) is 2.45. The molecule has 0 radical (unpaired) electrons. The molecule has 1 aliphatic rings. The standard InChI is InChI=1S/C14H22N2O3/c1-11(18)13-3-2-6-15-14(13)16-7-4-12(5-8-16)19-10-9-17/h2-3,6,11-12,17-18H,4-5,7-10H2,1H3/t11-/m0/s1. The number of aliphatic hydroxyl groups excluding tert-OH is 2. The molecular weight excluding hydrogens is 244 g/mol. The minimum Gasteiger partial charge on any atom is -0.394 e. The van der Waals surface area contributed by atoms with Crippen molar-refractivity contribution < 1.29 is 14.9 Å². The summed E-state index contributed by atoms with van der Waals surface area (Å²) in [6, 6.07) is 3.77. The van der Waals surface area contributed by atoms with E-state index in [1.54, 1.807) is 13.1 Å². The molecule has 0 aliphatic carbocycles. The van der Waals surface area contributed by atoms with Crippen LogP contribution in [0.2, 0.25) is 0 Å². The minimum atomic E-state index is -0.507. The van der Waals surface area contributed by atoms with E-state index >= 15 is 0 Å². The first-order valence-corrected chi connectivity index (χ1v) is 6.82. The molecule has 0 unspecified atom stereocenters. The number of rotatable bonds is 5. The summed E-state index contributed by atoms with van der Waals surface area (Å²) in [7, 11) is 0. The smallest absolute Gasteiger partial charge is 0.134 e. The fourth-order valence-corrected chi connectivity index (χ4v) is 2.45. The zero-order chi connectivity index (χ0) is 13.7. The number of pyridine rings is 1. The summed E-state index contributed by atoms with van der Waals surface area (Å²) >= 11 is 0. The topological polar surface area (TPSA) is 65.8 Å². The molecule has 5 nitrogen and oxygen atoms in total. The molecule has 2 rings (SSSR count). The highest BCUT2D eigenvalue weighted by molar-refractivity contribution is 5.48. The number of piperidine rings is 1. The normalized spacial score (nSPS) is 18.6.